The number of halogens is 2. The number of benzene rings is 1. The maximum atomic E-state index is 14.1. The molecule has 2 atom stereocenters. The van der Waals surface area contributed by atoms with Crippen LogP contribution in [0.5, 0.6) is 0 Å². The van der Waals surface area contributed by atoms with Gasteiger partial charge < -0.3 is 5.32 Å². The van der Waals surface area contributed by atoms with E-state index in [1.54, 1.807) is 12.1 Å². The SMILES string of the molecule is CCC1CN(Cc2c(F)cccc2Cl)C(C)(C2CC2)CN1. The Hall–Kier alpha value is -0.640. The van der Waals surface area contributed by atoms with Crippen molar-refractivity contribution in [1.29, 1.82) is 0 Å². The van der Waals surface area contributed by atoms with Gasteiger partial charge in [0, 0.05) is 41.8 Å². The maximum Gasteiger partial charge on any atom is 0.129 e. The van der Waals surface area contributed by atoms with Crippen molar-refractivity contribution in [3.63, 3.8) is 0 Å². The quantitative estimate of drug-likeness (QED) is 0.909. The standard InChI is InChI=1S/C17H24ClFN2/c1-3-13-9-21(17(2,11-20-13)12-7-8-12)10-14-15(18)5-4-6-16(14)19/h4-6,12-13,20H,3,7-11H2,1-2H3. The highest BCUT2D eigenvalue weighted by atomic mass is 35.5. The molecule has 1 aromatic carbocycles. The lowest BCUT2D eigenvalue weighted by Crippen LogP contribution is -2.63. The topological polar surface area (TPSA) is 15.3 Å². The van der Waals surface area contributed by atoms with E-state index in [0.29, 0.717) is 23.2 Å². The molecule has 2 fully saturated rings. The van der Waals surface area contributed by atoms with Gasteiger partial charge >= 0.3 is 0 Å². The van der Waals surface area contributed by atoms with E-state index >= 15 is 0 Å². The Bertz CT molecular complexity index is 497. The highest BCUT2D eigenvalue weighted by Gasteiger charge is 2.48. The van der Waals surface area contributed by atoms with Gasteiger partial charge in [0.1, 0.15) is 5.82 Å². The van der Waals surface area contributed by atoms with Crippen LogP contribution in [0.4, 0.5) is 4.39 Å². The van der Waals surface area contributed by atoms with Crippen LogP contribution in [-0.2, 0) is 6.54 Å². The molecule has 0 aromatic heterocycles. The molecule has 2 aliphatic rings. The molecule has 0 amide bonds. The van der Waals surface area contributed by atoms with Gasteiger partial charge in [0.15, 0.2) is 0 Å². The molecule has 0 radical (unpaired) electrons. The monoisotopic (exact) mass is 310 g/mol. The third-order valence-corrected chi connectivity index (χ3v) is 5.63. The van der Waals surface area contributed by atoms with Crippen LogP contribution in [0.3, 0.4) is 0 Å². The smallest absolute Gasteiger partial charge is 0.129 e. The number of nitrogens with one attached hydrogen (secondary N) is 1. The van der Waals surface area contributed by atoms with Crippen LogP contribution in [0.25, 0.3) is 0 Å². The number of hydrogen-bond acceptors (Lipinski definition) is 2. The summed E-state index contributed by atoms with van der Waals surface area (Å²) in [6.07, 6.45) is 3.68. The molecule has 1 aliphatic heterocycles. The molecular weight excluding hydrogens is 287 g/mol. The van der Waals surface area contributed by atoms with Gasteiger partial charge in [0.2, 0.25) is 0 Å². The Kier molecular flexibility index (Phi) is 4.26. The summed E-state index contributed by atoms with van der Waals surface area (Å²) in [5.41, 5.74) is 0.764. The zero-order chi connectivity index (χ0) is 15.0. The van der Waals surface area contributed by atoms with Crippen molar-refractivity contribution in [3.8, 4) is 0 Å². The largest absolute Gasteiger partial charge is 0.311 e. The van der Waals surface area contributed by atoms with Gasteiger partial charge in [-0.05, 0) is 44.2 Å². The highest BCUT2D eigenvalue weighted by molar-refractivity contribution is 6.31. The third-order valence-electron chi connectivity index (χ3n) is 5.27. The normalized spacial score (nSPS) is 30.6. The predicted octanol–water partition coefficient (Wildman–Crippen LogP) is 3.83. The minimum atomic E-state index is -0.188. The molecule has 1 saturated heterocycles. The molecule has 1 N–H and O–H groups in total. The number of hydrogen-bond donors (Lipinski definition) is 1. The van der Waals surface area contributed by atoms with Crippen molar-refractivity contribution in [2.45, 2.75) is 51.2 Å². The summed E-state index contributed by atoms with van der Waals surface area (Å²) in [6.45, 7) is 7.08. The summed E-state index contributed by atoms with van der Waals surface area (Å²) in [5.74, 6) is 0.542. The zero-order valence-corrected chi connectivity index (χ0v) is 13.6. The van der Waals surface area contributed by atoms with E-state index in [4.69, 9.17) is 11.6 Å². The zero-order valence-electron chi connectivity index (χ0n) is 12.8. The van der Waals surface area contributed by atoms with Crippen molar-refractivity contribution in [3.05, 3.63) is 34.6 Å². The van der Waals surface area contributed by atoms with Gasteiger partial charge in [-0.15, -0.1) is 0 Å². The fraction of sp³-hybridized carbons (Fsp3) is 0.647. The van der Waals surface area contributed by atoms with Gasteiger partial charge in [0.05, 0.1) is 0 Å². The molecule has 1 saturated carbocycles. The lowest BCUT2D eigenvalue weighted by molar-refractivity contribution is 0.0263. The second-order valence-corrected chi connectivity index (χ2v) is 7.11. The first-order valence-electron chi connectivity index (χ1n) is 7.96. The lowest BCUT2D eigenvalue weighted by Gasteiger charge is -2.49. The Labute approximate surface area is 131 Å². The molecule has 0 spiro atoms. The second kappa shape index (κ2) is 5.86. The van der Waals surface area contributed by atoms with Gasteiger partial charge in [-0.2, -0.15) is 0 Å². The lowest BCUT2D eigenvalue weighted by atomic mass is 9.88. The van der Waals surface area contributed by atoms with Crippen LogP contribution in [0.15, 0.2) is 18.2 Å². The second-order valence-electron chi connectivity index (χ2n) is 6.70. The minimum Gasteiger partial charge on any atom is -0.311 e. The molecule has 2 unspecified atom stereocenters. The van der Waals surface area contributed by atoms with Crippen LogP contribution >= 0.6 is 11.6 Å². The van der Waals surface area contributed by atoms with E-state index in [2.05, 4.69) is 24.1 Å². The molecule has 1 aromatic rings. The average Bonchev–Trinajstić information content (AvgIpc) is 3.30. The molecular formula is C17H24ClFN2. The summed E-state index contributed by atoms with van der Waals surface area (Å²) >= 11 is 6.23. The summed E-state index contributed by atoms with van der Waals surface area (Å²) in [6, 6.07) is 5.46. The molecule has 21 heavy (non-hydrogen) atoms. The van der Waals surface area contributed by atoms with Crippen molar-refractivity contribution in [2.24, 2.45) is 5.92 Å². The van der Waals surface area contributed by atoms with E-state index in [1.165, 1.54) is 18.9 Å². The number of rotatable bonds is 4. The van der Waals surface area contributed by atoms with Gasteiger partial charge in [-0.3, -0.25) is 4.90 Å². The van der Waals surface area contributed by atoms with Crippen molar-refractivity contribution >= 4 is 11.6 Å². The van der Waals surface area contributed by atoms with Gasteiger partial charge in [-0.25, -0.2) is 4.39 Å². The predicted molar refractivity (Wildman–Crippen MR) is 85.0 cm³/mol. The van der Waals surface area contributed by atoms with Crippen molar-refractivity contribution < 1.29 is 4.39 Å². The van der Waals surface area contributed by atoms with Crippen LogP contribution in [0.1, 0.15) is 38.7 Å². The van der Waals surface area contributed by atoms with Gasteiger partial charge in [-0.1, -0.05) is 24.6 Å². The molecule has 0 bridgehead atoms. The summed E-state index contributed by atoms with van der Waals surface area (Å²) in [7, 11) is 0. The first-order chi connectivity index (χ1) is 10.0. The summed E-state index contributed by atoms with van der Waals surface area (Å²) in [5, 5.41) is 4.20. The van der Waals surface area contributed by atoms with E-state index in [1.807, 2.05) is 0 Å². The van der Waals surface area contributed by atoms with Crippen LogP contribution < -0.4 is 5.32 Å². The molecule has 3 rings (SSSR count). The van der Waals surface area contributed by atoms with Crippen LogP contribution in [-0.4, -0.2) is 29.6 Å². The summed E-state index contributed by atoms with van der Waals surface area (Å²) in [4.78, 5) is 2.46. The minimum absolute atomic E-state index is 0.122. The molecule has 116 valence electrons. The summed E-state index contributed by atoms with van der Waals surface area (Å²) < 4.78 is 14.1. The maximum absolute atomic E-state index is 14.1. The van der Waals surface area contributed by atoms with Crippen LogP contribution in [0.2, 0.25) is 5.02 Å². The van der Waals surface area contributed by atoms with Crippen LogP contribution in [0, 0.1) is 11.7 Å². The first-order valence-corrected chi connectivity index (χ1v) is 8.33. The Morgan fingerprint density at radius 1 is 1.43 bits per heavy atom. The van der Waals surface area contributed by atoms with E-state index in [-0.39, 0.29) is 11.4 Å². The molecule has 1 aliphatic carbocycles. The Morgan fingerprint density at radius 2 is 2.19 bits per heavy atom. The third kappa shape index (κ3) is 2.96. The number of nitrogens with zero attached hydrogens (tertiary/aromatic N) is 1. The number of piperazine rings is 1. The molecule has 2 nitrogen and oxygen atoms in total. The Morgan fingerprint density at radius 3 is 2.81 bits per heavy atom. The van der Waals surface area contributed by atoms with E-state index in [0.717, 1.165) is 25.4 Å². The highest BCUT2D eigenvalue weighted by Crippen LogP contribution is 2.45. The molecule has 4 heteroatoms. The van der Waals surface area contributed by atoms with E-state index < -0.39 is 0 Å². The van der Waals surface area contributed by atoms with E-state index in [9.17, 15) is 4.39 Å². The molecule has 1 heterocycles. The van der Waals surface area contributed by atoms with Crippen molar-refractivity contribution in [2.75, 3.05) is 13.1 Å². The van der Waals surface area contributed by atoms with Gasteiger partial charge in [0.25, 0.3) is 0 Å². The first kappa shape index (κ1) is 15.3. The fourth-order valence-corrected chi connectivity index (χ4v) is 3.73. The average molecular weight is 311 g/mol. The fourth-order valence-electron chi connectivity index (χ4n) is 3.50. The van der Waals surface area contributed by atoms with Crippen molar-refractivity contribution in [1.82, 2.24) is 10.2 Å². The Balaban J connectivity index is 1.85.